The van der Waals surface area contributed by atoms with Crippen molar-refractivity contribution in [1.29, 1.82) is 0 Å². The zero-order valence-electron chi connectivity index (χ0n) is 14.7. The Morgan fingerprint density at radius 3 is 2.22 bits per heavy atom. The number of benzene rings is 2. The summed E-state index contributed by atoms with van der Waals surface area (Å²) in [4.78, 5) is 25.7. The van der Waals surface area contributed by atoms with Gasteiger partial charge in [0.05, 0.1) is 21.2 Å². The molecule has 1 heterocycles. The summed E-state index contributed by atoms with van der Waals surface area (Å²) in [6.07, 6.45) is -0.828. The highest BCUT2D eigenvalue weighted by Gasteiger charge is 2.25. The van der Waals surface area contributed by atoms with Crippen molar-refractivity contribution in [3.05, 3.63) is 66.2 Å². The van der Waals surface area contributed by atoms with Gasteiger partial charge in [-0.3, -0.25) is 0 Å². The molecular weight excluding hydrogens is 366 g/mol. The third kappa shape index (κ3) is 5.55. The van der Waals surface area contributed by atoms with Gasteiger partial charge < -0.3 is 15.0 Å². The van der Waals surface area contributed by atoms with E-state index in [9.17, 15) is 13.8 Å². The van der Waals surface area contributed by atoms with E-state index in [1.54, 1.807) is 17.0 Å². The quantitative estimate of drug-likeness (QED) is 0.875. The van der Waals surface area contributed by atoms with E-state index in [-0.39, 0.29) is 37.2 Å². The lowest BCUT2D eigenvalue weighted by Crippen LogP contribution is -2.45. The Morgan fingerprint density at radius 1 is 1.00 bits per heavy atom. The number of amides is 3. The summed E-state index contributed by atoms with van der Waals surface area (Å²) in [7, 11) is -2.70. The largest absolute Gasteiger partial charge is 0.443 e. The number of hydrogen-bond acceptors (Lipinski definition) is 4. The number of nitrogens with zero attached hydrogens (tertiary/aromatic N) is 2. The van der Waals surface area contributed by atoms with Gasteiger partial charge in [0.25, 0.3) is 0 Å². The SMILES string of the molecule is O=C(N=S1(=O)CCN(C(=O)Nc2ccccc2)CC1)OCc1ccccc1. The van der Waals surface area contributed by atoms with Gasteiger partial charge in [-0.1, -0.05) is 48.5 Å². The fourth-order valence-corrected chi connectivity index (χ4v) is 4.34. The number of para-hydroxylation sites is 1. The summed E-state index contributed by atoms with van der Waals surface area (Å²) >= 11 is 0. The Kier molecular flexibility index (Phi) is 6.08. The van der Waals surface area contributed by atoms with Crippen molar-refractivity contribution in [3.63, 3.8) is 0 Å². The van der Waals surface area contributed by atoms with Crippen LogP contribution in [0.3, 0.4) is 0 Å². The first kappa shape index (κ1) is 18.9. The second kappa shape index (κ2) is 8.68. The van der Waals surface area contributed by atoms with E-state index in [0.717, 1.165) is 5.56 Å². The minimum Gasteiger partial charge on any atom is -0.443 e. The Balaban J connectivity index is 1.52. The maximum absolute atomic E-state index is 12.7. The van der Waals surface area contributed by atoms with Crippen molar-refractivity contribution in [2.45, 2.75) is 6.61 Å². The molecule has 0 aromatic heterocycles. The summed E-state index contributed by atoms with van der Waals surface area (Å²) in [5.74, 6) is 0.297. The van der Waals surface area contributed by atoms with Gasteiger partial charge in [0.15, 0.2) is 0 Å². The molecule has 1 fully saturated rings. The fraction of sp³-hybridized carbons (Fsp3) is 0.263. The zero-order chi connectivity index (χ0) is 19.1. The molecule has 142 valence electrons. The van der Waals surface area contributed by atoms with Crippen LogP contribution in [-0.4, -0.2) is 45.8 Å². The average molecular weight is 387 g/mol. The number of hydrogen-bond donors (Lipinski definition) is 1. The third-order valence-electron chi connectivity index (χ3n) is 4.12. The van der Waals surface area contributed by atoms with Gasteiger partial charge in [-0.15, -0.1) is 4.36 Å². The number of urea groups is 1. The number of ether oxygens (including phenoxy) is 1. The Morgan fingerprint density at radius 2 is 1.59 bits per heavy atom. The average Bonchev–Trinajstić information content (AvgIpc) is 2.68. The van der Waals surface area contributed by atoms with Gasteiger partial charge in [0.1, 0.15) is 6.61 Å². The molecule has 1 aliphatic rings. The number of carbonyl (C=O) groups is 2. The fourth-order valence-electron chi connectivity index (χ4n) is 2.62. The molecular formula is C19H21N3O4S. The van der Waals surface area contributed by atoms with Crippen LogP contribution in [0.1, 0.15) is 5.56 Å². The molecule has 2 aromatic carbocycles. The van der Waals surface area contributed by atoms with Gasteiger partial charge in [-0.25, -0.2) is 13.8 Å². The summed E-state index contributed by atoms with van der Waals surface area (Å²) in [6, 6.07) is 18.1. The summed E-state index contributed by atoms with van der Waals surface area (Å²) in [5, 5.41) is 2.79. The first-order valence-electron chi connectivity index (χ1n) is 8.58. The molecule has 8 heteroatoms. The zero-order valence-corrected chi connectivity index (χ0v) is 15.6. The highest BCUT2D eigenvalue weighted by Crippen LogP contribution is 2.12. The van der Waals surface area contributed by atoms with Gasteiger partial charge in [0.2, 0.25) is 0 Å². The van der Waals surface area contributed by atoms with Crippen molar-refractivity contribution in [3.8, 4) is 0 Å². The molecule has 1 N–H and O–H groups in total. The van der Waals surface area contributed by atoms with E-state index < -0.39 is 15.8 Å². The van der Waals surface area contributed by atoms with E-state index in [0.29, 0.717) is 5.69 Å². The molecule has 0 aliphatic carbocycles. The molecule has 0 radical (unpaired) electrons. The first-order chi connectivity index (χ1) is 13.0. The Labute approximate surface area is 158 Å². The van der Waals surface area contributed by atoms with Gasteiger partial charge >= 0.3 is 12.1 Å². The van der Waals surface area contributed by atoms with Crippen molar-refractivity contribution < 1.29 is 18.5 Å². The highest BCUT2D eigenvalue weighted by atomic mass is 32.2. The molecule has 0 spiro atoms. The lowest BCUT2D eigenvalue weighted by molar-refractivity contribution is 0.151. The molecule has 7 nitrogen and oxygen atoms in total. The van der Waals surface area contributed by atoms with Crippen LogP contribution in [0.25, 0.3) is 0 Å². The maximum atomic E-state index is 12.7. The Hall–Kier alpha value is -2.87. The standard InChI is InChI=1S/C19H21N3O4S/c23-18(20-17-9-5-2-6-10-17)22-11-13-27(25,14-12-22)21-19(24)26-15-16-7-3-1-4-8-16/h1-10H,11-15H2,(H,20,23). The van der Waals surface area contributed by atoms with Crippen molar-refractivity contribution in [2.24, 2.45) is 4.36 Å². The van der Waals surface area contributed by atoms with Crippen LogP contribution in [0.4, 0.5) is 15.3 Å². The van der Waals surface area contributed by atoms with Crippen LogP contribution >= 0.6 is 0 Å². The number of nitrogens with one attached hydrogen (secondary N) is 1. The van der Waals surface area contributed by atoms with Crippen LogP contribution < -0.4 is 5.32 Å². The van der Waals surface area contributed by atoms with Crippen molar-refractivity contribution in [1.82, 2.24) is 4.90 Å². The third-order valence-corrected chi connectivity index (χ3v) is 6.24. The molecule has 0 saturated carbocycles. The van der Waals surface area contributed by atoms with E-state index in [1.807, 2.05) is 48.5 Å². The number of carbonyl (C=O) groups excluding carboxylic acids is 2. The minimum absolute atomic E-state index is 0.0876. The molecule has 0 atom stereocenters. The number of rotatable bonds is 3. The topological polar surface area (TPSA) is 88.1 Å². The van der Waals surface area contributed by atoms with Gasteiger partial charge in [-0.2, -0.15) is 0 Å². The molecule has 2 aromatic rings. The van der Waals surface area contributed by atoms with Gasteiger partial charge in [0, 0.05) is 18.8 Å². The normalized spacial score (nSPS) is 15.6. The van der Waals surface area contributed by atoms with E-state index in [1.165, 1.54) is 0 Å². The van der Waals surface area contributed by atoms with E-state index in [2.05, 4.69) is 9.68 Å². The molecule has 0 bridgehead atoms. The maximum Gasteiger partial charge on any atom is 0.442 e. The summed E-state index contributed by atoms with van der Waals surface area (Å²) in [5.41, 5.74) is 1.53. The lowest BCUT2D eigenvalue weighted by atomic mass is 10.2. The molecule has 1 saturated heterocycles. The lowest BCUT2D eigenvalue weighted by Gasteiger charge is -2.28. The first-order valence-corrected chi connectivity index (χ1v) is 10.4. The van der Waals surface area contributed by atoms with Crippen molar-refractivity contribution >= 4 is 27.5 Å². The smallest absolute Gasteiger partial charge is 0.442 e. The predicted octanol–water partition coefficient (Wildman–Crippen LogP) is 3.34. The van der Waals surface area contributed by atoms with E-state index in [4.69, 9.17) is 4.74 Å². The highest BCUT2D eigenvalue weighted by molar-refractivity contribution is 7.94. The van der Waals surface area contributed by atoms with Crippen LogP contribution in [0.5, 0.6) is 0 Å². The molecule has 27 heavy (non-hydrogen) atoms. The van der Waals surface area contributed by atoms with E-state index >= 15 is 0 Å². The molecule has 1 aliphatic heterocycles. The van der Waals surface area contributed by atoms with Gasteiger partial charge in [-0.05, 0) is 17.7 Å². The summed E-state index contributed by atoms with van der Waals surface area (Å²) < 4.78 is 21.6. The monoisotopic (exact) mass is 387 g/mol. The van der Waals surface area contributed by atoms with Crippen LogP contribution in [0.2, 0.25) is 0 Å². The molecule has 0 unspecified atom stereocenters. The summed E-state index contributed by atoms with van der Waals surface area (Å²) in [6.45, 7) is 0.629. The minimum atomic E-state index is -2.70. The second-order valence-electron chi connectivity index (χ2n) is 6.10. The molecule has 3 amide bonds. The number of anilines is 1. The van der Waals surface area contributed by atoms with Crippen molar-refractivity contribution in [2.75, 3.05) is 29.9 Å². The predicted molar refractivity (Wildman–Crippen MR) is 104 cm³/mol. The van der Waals surface area contributed by atoms with Crippen LogP contribution in [-0.2, 0) is 21.1 Å². The Bertz CT molecular complexity index is 895. The molecule has 3 rings (SSSR count). The second-order valence-corrected chi connectivity index (χ2v) is 8.64. The van der Waals surface area contributed by atoms with Crippen LogP contribution in [0, 0.1) is 0 Å². The van der Waals surface area contributed by atoms with Crippen LogP contribution in [0.15, 0.2) is 65.0 Å².